The number of carbonyl (C=O) groups excluding carboxylic acids is 2. The van der Waals surface area contributed by atoms with E-state index in [9.17, 15) is 9.59 Å². The molecule has 0 aliphatic carbocycles. The van der Waals surface area contributed by atoms with Crippen molar-refractivity contribution in [3.05, 3.63) is 24.3 Å². The van der Waals surface area contributed by atoms with Gasteiger partial charge in [-0.15, -0.1) is 0 Å². The first kappa shape index (κ1) is 24.2. The van der Waals surface area contributed by atoms with Crippen molar-refractivity contribution in [2.45, 2.75) is 18.4 Å². The maximum Gasteiger partial charge on any atom is 0.290 e. The fraction of sp³-hybridized carbons (Fsp3) is 0.550. The van der Waals surface area contributed by atoms with E-state index in [4.69, 9.17) is 14.6 Å². The molecule has 1 fully saturated rings. The highest BCUT2D eigenvalue weighted by molar-refractivity contribution is 5.90. The van der Waals surface area contributed by atoms with Crippen LogP contribution in [0, 0.1) is 0 Å². The SMILES string of the molecule is COc1cccc(NC2(C(=O)N(C)C)CCN(C(=O)CN(C)C)CC2)c1.O=CO. The van der Waals surface area contributed by atoms with Crippen molar-refractivity contribution in [1.29, 1.82) is 0 Å². The van der Waals surface area contributed by atoms with Gasteiger partial charge in [0.1, 0.15) is 11.3 Å². The molecule has 2 amide bonds. The molecule has 0 atom stereocenters. The second kappa shape index (κ2) is 11.3. The van der Waals surface area contributed by atoms with Crippen LogP contribution in [-0.4, -0.2) is 98.6 Å². The van der Waals surface area contributed by atoms with E-state index in [1.165, 1.54) is 0 Å². The fourth-order valence-corrected chi connectivity index (χ4v) is 3.31. The van der Waals surface area contributed by atoms with Crippen molar-refractivity contribution in [3.8, 4) is 5.75 Å². The topological polar surface area (TPSA) is 102 Å². The Labute approximate surface area is 172 Å². The quantitative estimate of drug-likeness (QED) is 0.672. The zero-order chi connectivity index (χ0) is 22.0. The third kappa shape index (κ3) is 6.94. The van der Waals surface area contributed by atoms with E-state index >= 15 is 0 Å². The van der Waals surface area contributed by atoms with E-state index in [0.717, 1.165) is 11.4 Å². The van der Waals surface area contributed by atoms with E-state index in [2.05, 4.69) is 5.32 Å². The summed E-state index contributed by atoms with van der Waals surface area (Å²) in [6.45, 7) is 1.25. The van der Waals surface area contributed by atoms with Gasteiger partial charge < -0.3 is 29.9 Å². The Hall–Kier alpha value is -2.81. The van der Waals surface area contributed by atoms with Crippen molar-refractivity contribution in [2.24, 2.45) is 0 Å². The molecular formula is C20H32N4O5. The number of rotatable bonds is 6. The molecule has 1 aliphatic heterocycles. The Morgan fingerprint density at radius 2 is 1.83 bits per heavy atom. The Balaban J connectivity index is 0.00000132. The molecule has 9 heteroatoms. The van der Waals surface area contributed by atoms with E-state index in [-0.39, 0.29) is 18.3 Å². The summed E-state index contributed by atoms with van der Waals surface area (Å²) >= 11 is 0. The lowest BCUT2D eigenvalue weighted by molar-refractivity contribution is -0.139. The van der Waals surface area contributed by atoms with Gasteiger partial charge in [0.05, 0.1) is 13.7 Å². The van der Waals surface area contributed by atoms with E-state index in [1.807, 2.05) is 48.2 Å². The lowest BCUT2D eigenvalue weighted by Crippen LogP contribution is -2.59. The van der Waals surface area contributed by atoms with Gasteiger partial charge in [0, 0.05) is 38.9 Å². The van der Waals surface area contributed by atoms with Crippen molar-refractivity contribution in [1.82, 2.24) is 14.7 Å². The molecule has 1 saturated heterocycles. The lowest BCUT2D eigenvalue weighted by Gasteiger charge is -2.43. The molecule has 0 unspecified atom stereocenters. The molecule has 1 heterocycles. The second-order valence-corrected chi connectivity index (χ2v) is 7.36. The summed E-state index contributed by atoms with van der Waals surface area (Å²) in [6.07, 6.45) is 1.14. The number of hydrogen-bond donors (Lipinski definition) is 2. The largest absolute Gasteiger partial charge is 0.497 e. The number of amides is 2. The predicted octanol–water partition coefficient (Wildman–Crippen LogP) is 0.819. The number of piperidine rings is 1. The van der Waals surface area contributed by atoms with Crippen LogP contribution < -0.4 is 10.1 Å². The highest BCUT2D eigenvalue weighted by Crippen LogP contribution is 2.30. The number of nitrogens with zero attached hydrogens (tertiary/aromatic N) is 3. The van der Waals surface area contributed by atoms with Crippen molar-refractivity contribution in [3.63, 3.8) is 0 Å². The molecule has 1 aromatic rings. The average molecular weight is 408 g/mol. The molecule has 2 N–H and O–H groups in total. The van der Waals surface area contributed by atoms with Gasteiger partial charge in [-0.1, -0.05) is 6.07 Å². The minimum Gasteiger partial charge on any atom is -0.497 e. The number of benzene rings is 1. The Morgan fingerprint density at radius 3 is 2.31 bits per heavy atom. The summed E-state index contributed by atoms with van der Waals surface area (Å²) in [5.41, 5.74) is 0.123. The highest BCUT2D eigenvalue weighted by atomic mass is 16.5. The number of ether oxygens (including phenoxy) is 1. The van der Waals surface area contributed by atoms with Gasteiger partial charge in [-0.2, -0.15) is 0 Å². The number of hydrogen-bond acceptors (Lipinski definition) is 6. The molecule has 0 spiro atoms. The zero-order valence-corrected chi connectivity index (χ0v) is 17.8. The molecule has 1 aliphatic rings. The highest BCUT2D eigenvalue weighted by Gasteiger charge is 2.43. The van der Waals surface area contributed by atoms with Gasteiger partial charge in [0.2, 0.25) is 11.8 Å². The number of anilines is 1. The number of likely N-dealkylation sites (tertiary alicyclic amines) is 1. The number of nitrogens with one attached hydrogen (secondary N) is 1. The standard InChI is InChI=1S/C19H30N4O3.CH2O2/c1-21(2)14-17(24)23-11-9-19(10-12-23,18(25)22(3)4)20-15-7-6-8-16(13-15)26-5;2-1-3/h6-8,13,20H,9-12,14H2,1-5H3;1H,(H,2,3). The van der Waals surface area contributed by atoms with Crippen LogP contribution in [0.2, 0.25) is 0 Å². The molecule has 162 valence electrons. The van der Waals surface area contributed by atoms with Crippen LogP contribution in [0.15, 0.2) is 24.3 Å². The smallest absolute Gasteiger partial charge is 0.290 e. The van der Waals surface area contributed by atoms with Crippen LogP contribution in [0.4, 0.5) is 5.69 Å². The Bertz CT molecular complexity index is 685. The molecule has 0 radical (unpaired) electrons. The first-order valence-corrected chi connectivity index (χ1v) is 9.33. The second-order valence-electron chi connectivity index (χ2n) is 7.36. The van der Waals surface area contributed by atoms with Crippen LogP contribution >= 0.6 is 0 Å². The third-order valence-electron chi connectivity index (χ3n) is 4.69. The first-order chi connectivity index (χ1) is 13.7. The third-order valence-corrected chi connectivity index (χ3v) is 4.69. The number of carbonyl (C=O) groups is 3. The summed E-state index contributed by atoms with van der Waals surface area (Å²) in [7, 11) is 8.91. The lowest BCUT2D eigenvalue weighted by atomic mass is 9.85. The van der Waals surface area contributed by atoms with Crippen molar-refractivity contribution < 1.29 is 24.2 Å². The minimum atomic E-state index is -0.717. The number of likely N-dealkylation sites (N-methyl/N-ethyl adjacent to an activating group) is 2. The van der Waals surface area contributed by atoms with Gasteiger partial charge in [-0.05, 0) is 39.1 Å². The summed E-state index contributed by atoms with van der Waals surface area (Å²) in [4.78, 5) is 39.0. The van der Waals surface area contributed by atoms with Gasteiger partial charge >= 0.3 is 0 Å². The van der Waals surface area contributed by atoms with Crippen molar-refractivity contribution in [2.75, 3.05) is 60.3 Å². The monoisotopic (exact) mass is 408 g/mol. The van der Waals surface area contributed by atoms with Gasteiger partial charge in [0.25, 0.3) is 6.47 Å². The molecule has 9 nitrogen and oxygen atoms in total. The summed E-state index contributed by atoms with van der Waals surface area (Å²) in [6, 6.07) is 7.57. The van der Waals surface area contributed by atoms with E-state index in [0.29, 0.717) is 32.5 Å². The molecule has 0 bridgehead atoms. The molecule has 29 heavy (non-hydrogen) atoms. The van der Waals surface area contributed by atoms with Crippen LogP contribution in [-0.2, 0) is 14.4 Å². The van der Waals surface area contributed by atoms with Gasteiger partial charge in [-0.3, -0.25) is 14.4 Å². The number of carboxylic acid groups (broad SMARTS) is 1. The maximum atomic E-state index is 13.0. The minimum absolute atomic E-state index is 0.0278. The summed E-state index contributed by atoms with van der Waals surface area (Å²) in [5.74, 6) is 0.864. The van der Waals surface area contributed by atoms with E-state index in [1.54, 1.807) is 26.1 Å². The summed E-state index contributed by atoms with van der Waals surface area (Å²) < 4.78 is 5.28. The normalized spacial score (nSPS) is 15.0. The average Bonchev–Trinajstić information content (AvgIpc) is 2.68. The van der Waals surface area contributed by atoms with Crippen LogP contribution in [0.25, 0.3) is 0 Å². The molecule has 2 rings (SSSR count). The molecule has 0 aromatic heterocycles. The van der Waals surface area contributed by atoms with Crippen LogP contribution in [0.5, 0.6) is 5.75 Å². The van der Waals surface area contributed by atoms with Gasteiger partial charge in [-0.25, -0.2) is 0 Å². The molecular weight excluding hydrogens is 376 g/mol. The summed E-state index contributed by atoms with van der Waals surface area (Å²) in [5, 5.41) is 10.3. The van der Waals surface area contributed by atoms with E-state index < -0.39 is 5.54 Å². The Morgan fingerprint density at radius 1 is 1.24 bits per heavy atom. The number of methoxy groups -OCH3 is 1. The first-order valence-electron chi connectivity index (χ1n) is 9.33. The molecule has 0 saturated carbocycles. The van der Waals surface area contributed by atoms with Crippen molar-refractivity contribution >= 4 is 24.0 Å². The zero-order valence-electron chi connectivity index (χ0n) is 17.8. The van der Waals surface area contributed by atoms with Gasteiger partial charge in [0.15, 0.2) is 0 Å². The Kier molecular flexibility index (Phi) is 9.40. The predicted molar refractivity (Wildman–Crippen MR) is 111 cm³/mol. The van der Waals surface area contributed by atoms with Crippen LogP contribution in [0.3, 0.4) is 0 Å². The molecule has 1 aromatic carbocycles. The fourth-order valence-electron chi connectivity index (χ4n) is 3.31. The van der Waals surface area contributed by atoms with Crippen LogP contribution in [0.1, 0.15) is 12.8 Å². The maximum absolute atomic E-state index is 13.0.